The molecule has 4 N–H and O–H groups in total. The summed E-state index contributed by atoms with van der Waals surface area (Å²) in [6, 6.07) is 13.2. The lowest BCUT2D eigenvalue weighted by molar-refractivity contribution is -0.277. The van der Waals surface area contributed by atoms with Crippen molar-refractivity contribution < 1.29 is 43.5 Å². The van der Waals surface area contributed by atoms with Gasteiger partial charge in [0, 0.05) is 35.0 Å². The van der Waals surface area contributed by atoms with Gasteiger partial charge in [0.2, 0.25) is 6.29 Å². The fourth-order valence-electron chi connectivity index (χ4n) is 3.77. The topological polar surface area (TPSA) is 169 Å². The first-order valence-electron chi connectivity index (χ1n) is 10.6. The Morgan fingerprint density at radius 2 is 1.40 bits per heavy atom. The molecule has 11 nitrogen and oxygen atoms in total. The van der Waals surface area contributed by atoms with Crippen molar-refractivity contribution in [1.82, 2.24) is 0 Å². The highest BCUT2D eigenvalue weighted by molar-refractivity contribution is 5.81. The van der Waals surface area contributed by atoms with Crippen molar-refractivity contribution in [3.05, 3.63) is 75.4 Å². The first-order chi connectivity index (χ1) is 16.8. The highest BCUT2D eigenvalue weighted by atomic mass is 16.7. The summed E-state index contributed by atoms with van der Waals surface area (Å²) in [5.41, 5.74) is -0.660. The van der Waals surface area contributed by atoms with Gasteiger partial charge in [-0.05, 0) is 30.3 Å². The van der Waals surface area contributed by atoms with Crippen LogP contribution >= 0.6 is 0 Å². The SMILES string of the molecule is O=c1ccc2ccc(Oc3cc4oc(=O)ccc4cc3O[C@@H]3O[C@H](CO)[C@@H](O)[C@H](O)[C@H]3O)cc2o1. The average molecular weight is 484 g/mol. The molecular weight excluding hydrogens is 464 g/mol. The summed E-state index contributed by atoms with van der Waals surface area (Å²) in [6.45, 7) is -0.626. The fraction of sp³-hybridized carbons (Fsp3) is 0.250. The second kappa shape index (κ2) is 9.13. The molecular formula is C24H20O11. The molecule has 0 unspecified atom stereocenters. The Morgan fingerprint density at radius 1 is 0.743 bits per heavy atom. The van der Waals surface area contributed by atoms with Crippen molar-refractivity contribution in [3.63, 3.8) is 0 Å². The fourth-order valence-corrected chi connectivity index (χ4v) is 3.77. The number of hydrogen-bond donors (Lipinski definition) is 4. The highest BCUT2D eigenvalue weighted by Gasteiger charge is 2.45. The predicted molar refractivity (Wildman–Crippen MR) is 119 cm³/mol. The summed E-state index contributed by atoms with van der Waals surface area (Å²) in [5.74, 6) is 0.329. The van der Waals surface area contributed by atoms with E-state index in [4.69, 9.17) is 23.0 Å². The molecule has 35 heavy (non-hydrogen) atoms. The van der Waals surface area contributed by atoms with Gasteiger partial charge in [0.15, 0.2) is 11.5 Å². The molecule has 1 saturated heterocycles. The van der Waals surface area contributed by atoms with Crippen LogP contribution in [0.1, 0.15) is 0 Å². The second-order valence-electron chi connectivity index (χ2n) is 7.96. The van der Waals surface area contributed by atoms with Crippen LogP contribution < -0.4 is 20.7 Å². The molecule has 1 fully saturated rings. The van der Waals surface area contributed by atoms with E-state index in [1.54, 1.807) is 18.2 Å². The molecule has 182 valence electrons. The van der Waals surface area contributed by atoms with Gasteiger partial charge in [0.25, 0.3) is 0 Å². The summed E-state index contributed by atoms with van der Waals surface area (Å²) < 4.78 is 27.6. The summed E-state index contributed by atoms with van der Waals surface area (Å²) >= 11 is 0. The molecule has 2 aromatic carbocycles. The number of ether oxygens (including phenoxy) is 3. The lowest BCUT2D eigenvalue weighted by atomic mass is 9.99. The summed E-state index contributed by atoms with van der Waals surface area (Å²) in [4.78, 5) is 23.3. The molecule has 4 aromatic rings. The molecule has 5 atom stereocenters. The summed E-state index contributed by atoms with van der Waals surface area (Å²) in [7, 11) is 0. The molecule has 11 heteroatoms. The van der Waals surface area contributed by atoms with Crippen molar-refractivity contribution in [2.75, 3.05) is 6.61 Å². The maximum absolute atomic E-state index is 11.7. The molecule has 1 aliphatic rings. The molecule has 2 aromatic heterocycles. The van der Waals surface area contributed by atoms with Gasteiger partial charge in [-0.1, -0.05) is 0 Å². The van der Waals surface area contributed by atoms with Crippen LogP contribution in [0, 0.1) is 0 Å². The van der Waals surface area contributed by atoms with Crippen LogP contribution in [0.25, 0.3) is 21.9 Å². The number of fused-ring (bicyclic) bond motifs is 2. The molecule has 0 bridgehead atoms. The lowest BCUT2D eigenvalue weighted by Gasteiger charge is -2.39. The third-order valence-electron chi connectivity index (χ3n) is 5.60. The summed E-state index contributed by atoms with van der Waals surface area (Å²) in [6.07, 6.45) is -7.50. The van der Waals surface area contributed by atoms with E-state index in [-0.39, 0.29) is 28.4 Å². The molecule has 1 aliphatic heterocycles. The lowest BCUT2D eigenvalue weighted by Crippen LogP contribution is -2.60. The van der Waals surface area contributed by atoms with Gasteiger partial charge in [0.1, 0.15) is 41.3 Å². The van der Waals surface area contributed by atoms with Gasteiger partial charge >= 0.3 is 11.3 Å². The van der Waals surface area contributed by atoms with E-state index >= 15 is 0 Å². The predicted octanol–water partition coefficient (Wildman–Crippen LogP) is 0.870. The van der Waals surface area contributed by atoms with Gasteiger partial charge in [0.05, 0.1) is 6.61 Å². The van der Waals surface area contributed by atoms with Gasteiger partial charge in [-0.25, -0.2) is 9.59 Å². The second-order valence-corrected chi connectivity index (χ2v) is 7.96. The molecule has 0 amide bonds. The van der Waals surface area contributed by atoms with Gasteiger partial charge in [-0.2, -0.15) is 0 Å². The van der Waals surface area contributed by atoms with Crippen LogP contribution in [0.5, 0.6) is 17.2 Å². The summed E-state index contributed by atoms with van der Waals surface area (Å²) in [5, 5.41) is 41.0. The number of benzene rings is 2. The zero-order chi connectivity index (χ0) is 24.7. The van der Waals surface area contributed by atoms with Crippen molar-refractivity contribution in [2.45, 2.75) is 30.7 Å². The van der Waals surface area contributed by atoms with Crippen molar-refractivity contribution in [2.24, 2.45) is 0 Å². The van der Waals surface area contributed by atoms with E-state index in [2.05, 4.69) is 0 Å². The molecule has 0 aliphatic carbocycles. The third kappa shape index (κ3) is 4.50. The van der Waals surface area contributed by atoms with Crippen LogP contribution in [0.15, 0.2) is 73.0 Å². The normalized spacial score (nSPS) is 24.5. The zero-order valence-electron chi connectivity index (χ0n) is 17.9. The number of aliphatic hydroxyl groups is 4. The first-order valence-corrected chi connectivity index (χ1v) is 10.6. The Kier molecular flexibility index (Phi) is 6.01. The first kappa shape index (κ1) is 23.0. The van der Waals surface area contributed by atoms with Crippen LogP contribution in [0.4, 0.5) is 0 Å². The van der Waals surface area contributed by atoms with E-state index in [1.165, 1.54) is 36.4 Å². The van der Waals surface area contributed by atoms with E-state index in [9.17, 15) is 30.0 Å². The monoisotopic (exact) mass is 484 g/mol. The van der Waals surface area contributed by atoms with Crippen LogP contribution in [0.3, 0.4) is 0 Å². The smallest absolute Gasteiger partial charge is 0.336 e. The molecule has 0 spiro atoms. The Hall–Kier alpha value is -3.74. The van der Waals surface area contributed by atoms with Crippen molar-refractivity contribution in [1.29, 1.82) is 0 Å². The molecule has 0 radical (unpaired) electrons. The average Bonchev–Trinajstić information content (AvgIpc) is 2.84. The number of rotatable bonds is 5. The van der Waals surface area contributed by atoms with Crippen molar-refractivity contribution >= 4 is 21.9 Å². The van der Waals surface area contributed by atoms with Gasteiger partial charge in [-0.3, -0.25) is 0 Å². The van der Waals surface area contributed by atoms with Crippen LogP contribution in [-0.2, 0) is 4.74 Å². The minimum atomic E-state index is -1.65. The molecule has 0 saturated carbocycles. The van der Waals surface area contributed by atoms with E-state index in [0.717, 1.165) is 0 Å². The minimum absolute atomic E-state index is 0.0327. The maximum Gasteiger partial charge on any atom is 0.336 e. The van der Waals surface area contributed by atoms with E-state index in [1.807, 2.05) is 0 Å². The zero-order valence-corrected chi connectivity index (χ0v) is 17.9. The van der Waals surface area contributed by atoms with Gasteiger partial charge < -0.3 is 43.5 Å². The highest BCUT2D eigenvalue weighted by Crippen LogP contribution is 2.38. The molecule has 3 heterocycles. The Morgan fingerprint density at radius 3 is 2.11 bits per heavy atom. The maximum atomic E-state index is 11.7. The van der Waals surface area contributed by atoms with E-state index in [0.29, 0.717) is 10.8 Å². The minimum Gasteiger partial charge on any atom is -0.458 e. The van der Waals surface area contributed by atoms with Crippen LogP contribution in [0.2, 0.25) is 0 Å². The van der Waals surface area contributed by atoms with Gasteiger partial charge in [-0.15, -0.1) is 0 Å². The standard InChI is InChI=1S/C24H20O11/c25-10-18-21(28)22(29)23(30)24(35-18)34-16-7-12-3-6-20(27)33-15(12)9-17(16)31-13-4-1-11-2-5-19(26)32-14(11)8-13/h1-9,18,21-25,28-30H,10H2/t18-,21-,22+,23-,24-/m1/s1. The Balaban J connectivity index is 1.54. The number of hydrogen-bond acceptors (Lipinski definition) is 11. The largest absolute Gasteiger partial charge is 0.458 e. The Bertz CT molecular complexity index is 1490. The Labute approximate surface area is 195 Å². The van der Waals surface area contributed by atoms with Crippen molar-refractivity contribution in [3.8, 4) is 17.2 Å². The number of aliphatic hydroxyl groups excluding tert-OH is 4. The van der Waals surface area contributed by atoms with E-state index < -0.39 is 48.6 Å². The molecule has 5 rings (SSSR count). The van der Waals surface area contributed by atoms with Crippen LogP contribution in [-0.4, -0.2) is 57.7 Å². The third-order valence-corrected chi connectivity index (χ3v) is 5.60. The quantitative estimate of drug-likeness (QED) is 0.297.